The van der Waals surface area contributed by atoms with E-state index in [1.165, 1.54) is 0 Å². The van der Waals surface area contributed by atoms with Crippen molar-refractivity contribution >= 4 is 17.3 Å². The molecule has 1 aromatic carbocycles. The van der Waals surface area contributed by atoms with Gasteiger partial charge in [0.1, 0.15) is 0 Å². The molecular weight excluding hydrogens is 234 g/mol. The predicted molar refractivity (Wildman–Crippen MR) is 61.2 cm³/mol. The number of halogens is 3. The van der Waals surface area contributed by atoms with Gasteiger partial charge in [0, 0.05) is 23.8 Å². The first-order chi connectivity index (χ1) is 7.51. The first-order valence-electron chi connectivity index (χ1n) is 5.09. The molecule has 2 rings (SSSR count). The Labute approximate surface area is 98.0 Å². The van der Waals surface area contributed by atoms with E-state index in [4.69, 9.17) is 17.3 Å². The van der Waals surface area contributed by atoms with E-state index >= 15 is 0 Å². The third kappa shape index (κ3) is 2.13. The molecule has 1 aliphatic heterocycles. The second-order valence-electron chi connectivity index (χ2n) is 4.19. The van der Waals surface area contributed by atoms with Crippen molar-refractivity contribution in [2.24, 2.45) is 5.73 Å². The zero-order valence-corrected chi connectivity index (χ0v) is 9.42. The lowest BCUT2D eigenvalue weighted by molar-refractivity contribution is 0.0655. The van der Waals surface area contributed by atoms with E-state index in [-0.39, 0.29) is 6.54 Å². The van der Waals surface area contributed by atoms with Gasteiger partial charge in [0.15, 0.2) is 0 Å². The Hall–Kier alpha value is -0.870. The van der Waals surface area contributed by atoms with Crippen LogP contribution in [-0.2, 0) is 0 Å². The summed E-state index contributed by atoms with van der Waals surface area (Å²) in [5.74, 6) is 0. The fourth-order valence-electron chi connectivity index (χ4n) is 1.93. The molecule has 1 heterocycles. The highest BCUT2D eigenvalue weighted by molar-refractivity contribution is 6.30. The Kier molecular flexibility index (Phi) is 3.04. The molecule has 16 heavy (non-hydrogen) atoms. The van der Waals surface area contributed by atoms with Crippen LogP contribution in [0.2, 0.25) is 5.02 Å². The summed E-state index contributed by atoms with van der Waals surface area (Å²) in [6, 6.07) is 7.17. The van der Waals surface area contributed by atoms with Crippen LogP contribution in [0, 0.1) is 0 Å². The minimum absolute atomic E-state index is 0.172. The molecule has 0 amide bonds. The topological polar surface area (TPSA) is 29.3 Å². The lowest BCUT2D eigenvalue weighted by Gasteiger charge is -2.24. The highest BCUT2D eigenvalue weighted by atomic mass is 35.5. The zero-order valence-electron chi connectivity index (χ0n) is 8.67. The first-order valence-corrected chi connectivity index (χ1v) is 5.47. The number of nitrogens with zero attached hydrogens (tertiary/aromatic N) is 1. The Bertz CT molecular complexity index is 386. The van der Waals surface area contributed by atoms with E-state index in [0.29, 0.717) is 18.0 Å². The van der Waals surface area contributed by atoms with Gasteiger partial charge in [-0.2, -0.15) is 0 Å². The number of rotatable bonds is 2. The van der Waals surface area contributed by atoms with Gasteiger partial charge in [0.05, 0.1) is 5.54 Å². The molecule has 0 aromatic heterocycles. The van der Waals surface area contributed by atoms with Crippen LogP contribution in [0.3, 0.4) is 0 Å². The van der Waals surface area contributed by atoms with Crippen molar-refractivity contribution in [3.8, 4) is 0 Å². The van der Waals surface area contributed by atoms with Crippen LogP contribution in [0.4, 0.5) is 14.5 Å². The van der Waals surface area contributed by atoms with Crippen LogP contribution in [0.5, 0.6) is 0 Å². The van der Waals surface area contributed by atoms with Gasteiger partial charge in [-0.1, -0.05) is 17.7 Å². The largest absolute Gasteiger partial charge is 0.369 e. The van der Waals surface area contributed by atoms with Crippen molar-refractivity contribution in [2.45, 2.75) is 18.4 Å². The van der Waals surface area contributed by atoms with Crippen LogP contribution >= 0.6 is 11.6 Å². The Morgan fingerprint density at radius 2 is 2.19 bits per heavy atom. The smallest absolute Gasteiger partial charge is 0.258 e. The average Bonchev–Trinajstić information content (AvgIpc) is 2.62. The van der Waals surface area contributed by atoms with Crippen molar-refractivity contribution in [3.63, 3.8) is 0 Å². The Morgan fingerprint density at radius 1 is 1.44 bits per heavy atom. The van der Waals surface area contributed by atoms with E-state index in [0.717, 1.165) is 5.69 Å². The molecule has 1 atom stereocenters. The summed E-state index contributed by atoms with van der Waals surface area (Å²) in [5.41, 5.74) is 5.10. The van der Waals surface area contributed by atoms with E-state index in [1.54, 1.807) is 18.2 Å². The summed E-state index contributed by atoms with van der Waals surface area (Å²) < 4.78 is 25.4. The SMILES string of the molecule is NC1(C(F)F)CCN(c2cccc(Cl)c2)C1. The van der Waals surface area contributed by atoms with Gasteiger partial charge in [0.25, 0.3) is 6.43 Å². The number of hydrogen-bond acceptors (Lipinski definition) is 2. The van der Waals surface area contributed by atoms with Crippen LogP contribution < -0.4 is 10.6 Å². The predicted octanol–water partition coefficient (Wildman–Crippen LogP) is 2.51. The standard InChI is InChI=1S/C11H13ClF2N2/c12-8-2-1-3-9(6-8)16-5-4-11(15,7-16)10(13)14/h1-3,6,10H,4-5,7,15H2. The number of hydrogen-bond donors (Lipinski definition) is 1. The van der Waals surface area contributed by atoms with Crippen molar-refractivity contribution in [2.75, 3.05) is 18.0 Å². The molecule has 1 aromatic rings. The van der Waals surface area contributed by atoms with Gasteiger partial charge in [-0.05, 0) is 24.6 Å². The summed E-state index contributed by atoms with van der Waals surface area (Å²) in [6.45, 7) is 0.714. The fourth-order valence-corrected chi connectivity index (χ4v) is 2.11. The first kappa shape index (κ1) is 11.6. The van der Waals surface area contributed by atoms with Crippen LogP contribution in [0.15, 0.2) is 24.3 Å². The molecule has 5 heteroatoms. The minimum atomic E-state index is -2.49. The van der Waals surface area contributed by atoms with Gasteiger partial charge in [-0.3, -0.25) is 0 Å². The monoisotopic (exact) mass is 246 g/mol. The molecule has 2 nitrogen and oxygen atoms in total. The molecule has 0 spiro atoms. The van der Waals surface area contributed by atoms with Gasteiger partial charge in [-0.25, -0.2) is 8.78 Å². The maximum atomic E-state index is 12.7. The van der Waals surface area contributed by atoms with Gasteiger partial charge in [-0.15, -0.1) is 0 Å². The zero-order chi connectivity index (χ0) is 11.8. The van der Waals surface area contributed by atoms with Crippen molar-refractivity contribution in [1.29, 1.82) is 0 Å². The molecule has 0 radical (unpaired) electrons. The fraction of sp³-hybridized carbons (Fsp3) is 0.455. The molecule has 0 bridgehead atoms. The molecule has 1 saturated heterocycles. The third-order valence-electron chi connectivity index (χ3n) is 2.94. The van der Waals surface area contributed by atoms with Gasteiger partial charge < -0.3 is 10.6 Å². The number of alkyl halides is 2. The molecule has 1 aliphatic rings. The average molecular weight is 247 g/mol. The maximum Gasteiger partial charge on any atom is 0.258 e. The lowest BCUT2D eigenvalue weighted by atomic mass is 10.0. The van der Waals surface area contributed by atoms with Crippen LogP contribution in [0.25, 0.3) is 0 Å². The van der Waals surface area contributed by atoms with Crippen molar-refractivity contribution < 1.29 is 8.78 Å². The van der Waals surface area contributed by atoms with Crippen molar-refractivity contribution in [1.82, 2.24) is 0 Å². The summed E-state index contributed by atoms with van der Waals surface area (Å²) in [7, 11) is 0. The number of benzene rings is 1. The van der Waals surface area contributed by atoms with Crippen LogP contribution in [-0.4, -0.2) is 25.1 Å². The second kappa shape index (κ2) is 4.18. The van der Waals surface area contributed by atoms with E-state index in [2.05, 4.69) is 0 Å². The highest BCUT2D eigenvalue weighted by Gasteiger charge is 2.42. The van der Waals surface area contributed by atoms with E-state index in [9.17, 15) is 8.78 Å². The molecular formula is C11H13ClF2N2. The normalized spacial score (nSPS) is 25.4. The number of nitrogens with two attached hydrogens (primary N) is 1. The molecule has 1 unspecified atom stereocenters. The Morgan fingerprint density at radius 3 is 2.75 bits per heavy atom. The van der Waals surface area contributed by atoms with Gasteiger partial charge in [0.2, 0.25) is 0 Å². The maximum absolute atomic E-state index is 12.7. The summed E-state index contributed by atoms with van der Waals surface area (Å²) in [5, 5.41) is 0.601. The Balaban J connectivity index is 2.15. The summed E-state index contributed by atoms with van der Waals surface area (Å²) in [6.07, 6.45) is -2.19. The number of anilines is 1. The quantitative estimate of drug-likeness (QED) is 0.869. The van der Waals surface area contributed by atoms with Crippen LogP contribution in [0.1, 0.15) is 6.42 Å². The highest BCUT2D eigenvalue weighted by Crippen LogP contribution is 2.30. The summed E-state index contributed by atoms with van der Waals surface area (Å²) in [4.78, 5) is 1.85. The van der Waals surface area contributed by atoms with Crippen molar-refractivity contribution in [3.05, 3.63) is 29.3 Å². The van der Waals surface area contributed by atoms with E-state index < -0.39 is 12.0 Å². The summed E-state index contributed by atoms with van der Waals surface area (Å²) >= 11 is 5.85. The lowest BCUT2D eigenvalue weighted by Crippen LogP contribution is -2.49. The molecule has 2 N–H and O–H groups in total. The molecule has 0 saturated carbocycles. The minimum Gasteiger partial charge on any atom is -0.369 e. The second-order valence-corrected chi connectivity index (χ2v) is 4.62. The molecule has 1 fully saturated rings. The van der Waals surface area contributed by atoms with Gasteiger partial charge >= 0.3 is 0 Å². The third-order valence-corrected chi connectivity index (χ3v) is 3.18. The van der Waals surface area contributed by atoms with E-state index in [1.807, 2.05) is 11.0 Å². The molecule has 88 valence electrons. The molecule has 0 aliphatic carbocycles.